The molecule has 1 aliphatic heterocycles. The highest BCUT2D eigenvalue weighted by atomic mass is 35.5. The van der Waals surface area contributed by atoms with Gasteiger partial charge in [-0.25, -0.2) is 0 Å². The van der Waals surface area contributed by atoms with Crippen LogP contribution in [0.3, 0.4) is 0 Å². The lowest BCUT2D eigenvalue weighted by Gasteiger charge is -2.25. The normalized spacial score (nSPS) is 17.6. The molecular formula is C17H24ClN3O2. The zero-order chi connectivity index (χ0) is 17.0. The van der Waals surface area contributed by atoms with Crippen molar-refractivity contribution in [2.45, 2.75) is 32.7 Å². The number of halogens is 1. The van der Waals surface area contributed by atoms with Gasteiger partial charge in [-0.05, 0) is 38.1 Å². The van der Waals surface area contributed by atoms with E-state index in [1.807, 2.05) is 25.8 Å². The van der Waals surface area contributed by atoms with Gasteiger partial charge in [-0.1, -0.05) is 25.4 Å². The van der Waals surface area contributed by atoms with E-state index in [9.17, 15) is 9.59 Å². The maximum absolute atomic E-state index is 12.8. The average Bonchev–Trinajstić information content (AvgIpc) is 2.97. The maximum atomic E-state index is 12.8. The van der Waals surface area contributed by atoms with Crippen LogP contribution < -0.4 is 10.6 Å². The molecule has 2 amide bonds. The van der Waals surface area contributed by atoms with E-state index in [4.69, 9.17) is 11.6 Å². The van der Waals surface area contributed by atoms with Crippen LogP contribution in [-0.2, 0) is 4.79 Å². The lowest BCUT2D eigenvalue weighted by atomic mass is 10.1. The molecule has 1 aromatic carbocycles. The average molecular weight is 338 g/mol. The standard InChI is InChI=1S/C17H24ClN3O2/c1-11(2)16(22)20-12-6-7-15(18)14(9-12)17(23)21-8-4-5-13(21)10-19-3/h6-7,9,11,13,19H,4-5,8,10H2,1-3H3,(H,20,22). The lowest BCUT2D eigenvalue weighted by molar-refractivity contribution is -0.118. The van der Waals surface area contributed by atoms with Crippen molar-refractivity contribution in [1.29, 1.82) is 0 Å². The Morgan fingerprint density at radius 2 is 2.13 bits per heavy atom. The van der Waals surface area contributed by atoms with Crippen LogP contribution in [0, 0.1) is 5.92 Å². The second-order valence-electron chi connectivity index (χ2n) is 6.19. The van der Waals surface area contributed by atoms with E-state index in [-0.39, 0.29) is 23.8 Å². The van der Waals surface area contributed by atoms with E-state index < -0.39 is 0 Å². The summed E-state index contributed by atoms with van der Waals surface area (Å²) < 4.78 is 0. The largest absolute Gasteiger partial charge is 0.334 e. The number of nitrogens with zero attached hydrogens (tertiary/aromatic N) is 1. The van der Waals surface area contributed by atoms with Crippen LogP contribution in [0.15, 0.2) is 18.2 Å². The lowest BCUT2D eigenvalue weighted by Crippen LogP contribution is -2.41. The van der Waals surface area contributed by atoms with Crippen LogP contribution >= 0.6 is 11.6 Å². The van der Waals surface area contributed by atoms with E-state index in [1.165, 1.54) is 0 Å². The first-order chi connectivity index (χ1) is 10.9. The van der Waals surface area contributed by atoms with Gasteiger partial charge in [0.2, 0.25) is 5.91 Å². The molecule has 2 rings (SSSR count). The molecule has 1 heterocycles. The Morgan fingerprint density at radius 1 is 1.39 bits per heavy atom. The van der Waals surface area contributed by atoms with Gasteiger partial charge in [0.25, 0.3) is 5.91 Å². The molecule has 126 valence electrons. The molecule has 1 aliphatic rings. The van der Waals surface area contributed by atoms with Crippen molar-refractivity contribution < 1.29 is 9.59 Å². The summed E-state index contributed by atoms with van der Waals surface area (Å²) in [5.74, 6) is -0.281. The Bertz CT molecular complexity index is 589. The van der Waals surface area contributed by atoms with Gasteiger partial charge >= 0.3 is 0 Å². The van der Waals surface area contributed by atoms with Crippen molar-refractivity contribution in [2.24, 2.45) is 5.92 Å². The summed E-state index contributed by atoms with van der Waals surface area (Å²) >= 11 is 6.22. The van der Waals surface area contributed by atoms with Crippen LogP contribution in [0.2, 0.25) is 5.02 Å². The molecule has 1 unspecified atom stereocenters. The van der Waals surface area contributed by atoms with Crippen molar-refractivity contribution in [1.82, 2.24) is 10.2 Å². The minimum atomic E-state index is -0.122. The van der Waals surface area contributed by atoms with Crippen LogP contribution in [0.5, 0.6) is 0 Å². The molecule has 0 saturated carbocycles. The topological polar surface area (TPSA) is 61.4 Å². The third kappa shape index (κ3) is 4.24. The second kappa shape index (κ2) is 7.79. The summed E-state index contributed by atoms with van der Waals surface area (Å²) in [6.45, 7) is 5.16. The molecule has 0 aliphatic carbocycles. The van der Waals surface area contributed by atoms with E-state index in [0.717, 1.165) is 25.9 Å². The third-order valence-electron chi connectivity index (χ3n) is 4.07. The highest BCUT2D eigenvalue weighted by Gasteiger charge is 2.30. The van der Waals surface area contributed by atoms with Gasteiger partial charge in [0.15, 0.2) is 0 Å². The molecule has 23 heavy (non-hydrogen) atoms. The fraction of sp³-hybridized carbons (Fsp3) is 0.529. The molecule has 0 spiro atoms. The number of amides is 2. The number of rotatable bonds is 5. The van der Waals surface area contributed by atoms with Crippen molar-refractivity contribution in [2.75, 3.05) is 25.5 Å². The van der Waals surface area contributed by atoms with E-state index in [0.29, 0.717) is 16.3 Å². The quantitative estimate of drug-likeness (QED) is 0.868. The smallest absolute Gasteiger partial charge is 0.255 e. The van der Waals surface area contributed by atoms with Gasteiger partial charge in [-0.3, -0.25) is 9.59 Å². The van der Waals surface area contributed by atoms with E-state index in [1.54, 1.807) is 18.2 Å². The Kier molecular flexibility index (Phi) is 6.02. The van der Waals surface area contributed by atoms with Crippen molar-refractivity contribution in [3.8, 4) is 0 Å². The molecule has 0 aromatic heterocycles. The molecule has 0 radical (unpaired) electrons. The third-order valence-corrected chi connectivity index (χ3v) is 4.40. The number of carbonyl (C=O) groups is 2. The molecule has 1 aromatic rings. The number of hydrogen-bond acceptors (Lipinski definition) is 3. The summed E-state index contributed by atoms with van der Waals surface area (Å²) in [4.78, 5) is 26.5. The van der Waals surface area contributed by atoms with Crippen LogP contribution in [0.4, 0.5) is 5.69 Å². The first kappa shape index (κ1) is 17.8. The minimum Gasteiger partial charge on any atom is -0.334 e. The zero-order valence-electron chi connectivity index (χ0n) is 13.9. The Balaban J connectivity index is 2.21. The van der Waals surface area contributed by atoms with Gasteiger partial charge in [0, 0.05) is 30.7 Å². The fourth-order valence-corrected chi connectivity index (χ4v) is 2.96. The van der Waals surface area contributed by atoms with Crippen molar-refractivity contribution in [3.63, 3.8) is 0 Å². The highest BCUT2D eigenvalue weighted by molar-refractivity contribution is 6.34. The molecule has 1 fully saturated rings. The number of carbonyl (C=O) groups excluding carboxylic acids is 2. The highest BCUT2D eigenvalue weighted by Crippen LogP contribution is 2.26. The second-order valence-corrected chi connectivity index (χ2v) is 6.60. The number of benzene rings is 1. The SMILES string of the molecule is CNCC1CCCN1C(=O)c1cc(NC(=O)C(C)C)ccc1Cl. The molecule has 2 N–H and O–H groups in total. The number of anilines is 1. The Hall–Kier alpha value is -1.59. The van der Waals surface area contributed by atoms with Crippen molar-refractivity contribution in [3.05, 3.63) is 28.8 Å². The Morgan fingerprint density at radius 3 is 2.78 bits per heavy atom. The van der Waals surface area contributed by atoms with Crippen LogP contribution in [0.1, 0.15) is 37.0 Å². The summed E-state index contributed by atoms with van der Waals surface area (Å²) in [7, 11) is 1.88. The molecular weight excluding hydrogens is 314 g/mol. The fourth-order valence-electron chi connectivity index (χ4n) is 2.76. The van der Waals surface area contributed by atoms with Gasteiger partial charge < -0.3 is 15.5 Å². The molecule has 5 nitrogen and oxygen atoms in total. The predicted octanol–water partition coefficient (Wildman–Crippen LogP) is 2.76. The summed E-state index contributed by atoms with van der Waals surface area (Å²) in [6, 6.07) is 5.24. The monoisotopic (exact) mass is 337 g/mol. The predicted molar refractivity (Wildman–Crippen MR) is 92.9 cm³/mol. The van der Waals surface area contributed by atoms with Gasteiger partial charge in [-0.2, -0.15) is 0 Å². The molecule has 1 saturated heterocycles. The molecule has 0 bridgehead atoms. The molecule has 6 heteroatoms. The van der Waals surface area contributed by atoms with E-state index >= 15 is 0 Å². The molecule has 1 atom stereocenters. The zero-order valence-corrected chi connectivity index (χ0v) is 14.6. The van der Waals surface area contributed by atoms with Crippen LogP contribution in [-0.4, -0.2) is 42.9 Å². The first-order valence-electron chi connectivity index (χ1n) is 8.00. The van der Waals surface area contributed by atoms with Gasteiger partial charge in [-0.15, -0.1) is 0 Å². The number of hydrogen-bond donors (Lipinski definition) is 2. The number of likely N-dealkylation sites (tertiary alicyclic amines) is 1. The maximum Gasteiger partial charge on any atom is 0.255 e. The van der Waals surface area contributed by atoms with Gasteiger partial charge in [0.05, 0.1) is 10.6 Å². The summed E-state index contributed by atoms with van der Waals surface area (Å²) in [5, 5.41) is 6.35. The first-order valence-corrected chi connectivity index (χ1v) is 8.37. The van der Waals surface area contributed by atoms with Gasteiger partial charge in [0.1, 0.15) is 0 Å². The Labute approximate surface area is 142 Å². The number of likely N-dealkylation sites (N-methyl/N-ethyl adjacent to an activating group) is 1. The summed E-state index contributed by atoms with van der Waals surface area (Å²) in [6.07, 6.45) is 1.99. The van der Waals surface area contributed by atoms with Crippen LogP contribution in [0.25, 0.3) is 0 Å². The van der Waals surface area contributed by atoms with Crippen molar-refractivity contribution >= 4 is 29.1 Å². The minimum absolute atomic E-state index is 0.0756. The van der Waals surface area contributed by atoms with E-state index in [2.05, 4.69) is 10.6 Å². The summed E-state index contributed by atoms with van der Waals surface area (Å²) in [5.41, 5.74) is 1.04. The number of nitrogens with one attached hydrogen (secondary N) is 2.